The number of nitrogens with one attached hydrogen (secondary N) is 1. The van der Waals surface area contributed by atoms with Crippen LogP contribution < -0.4 is 5.32 Å². The Balaban J connectivity index is 1.46. The average Bonchev–Trinajstić information content (AvgIpc) is 3.33. The summed E-state index contributed by atoms with van der Waals surface area (Å²) in [6, 6.07) is 8.71. The molecule has 39 heavy (non-hydrogen) atoms. The molecular formula is C26H24ClF3N4O4S. The molecule has 3 amide bonds. The summed E-state index contributed by atoms with van der Waals surface area (Å²) < 4.78 is 47.1. The first-order chi connectivity index (χ1) is 18.2. The quantitative estimate of drug-likeness (QED) is 0.343. The van der Waals surface area contributed by atoms with Gasteiger partial charge >= 0.3 is 12.3 Å². The summed E-state index contributed by atoms with van der Waals surface area (Å²) in [5.74, 6) is -0.491. The van der Waals surface area contributed by atoms with Gasteiger partial charge in [0.2, 0.25) is 0 Å². The first kappa shape index (κ1) is 28.5. The van der Waals surface area contributed by atoms with Gasteiger partial charge in [-0.15, -0.1) is 0 Å². The highest BCUT2D eigenvalue weighted by Gasteiger charge is 2.35. The lowest BCUT2D eigenvalue weighted by Gasteiger charge is -2.20. The van der Waals surface area contributed by atoms with Crippen LogP contribution in [0.5, 0.6) is 0 Å². The molecule has 0 aliphatic carbocycles. The van der Waals surface area contributed by atoms with Gasteiger partial charge < -0.3 is 10.1 Å². The molecule has 0 spiro atoms. The maximum Gasteiger partial charge on any atom is 0.416 e. The minimum Gasteiger partial charge on any atom is -0.444 e. The van der Waals surface area contributed by atoms with Crippen LogP contribution in [-0.4, -0.2) is 50.6 Å². The van der Waals surface area contributed by atoms with E-state index in [9.17, 15) is 27.6 Å². The zero-order valence-corrected chi connectivity index (χ0v) is 22.7. The van der Waals surface area contributed by atoms with E-state index in [0.29, 0.717) is 16.5 Å². The molecule has 1 aromatic heterocycles. The van der Waals surface area contributed by atoms with Gasteiger partial charge in [-0.05, 0) is 74.0 Å². The van der Waals surface area contributed by atoms with Gasteiger partial charge in [-0.25, -0.2) is 4.79 Å². The normalized spacial score (nSPS) is 15.5. The van der Waals surface area contributed by atoms with E-state index in [1.54, 1.807) is 45.0 Å². The molecule has 4 rings (SSSR count). The molecule has 206 valence electrons. The van der Waals surface area contributed by atoms with Gasteiger partial charge in [0.05, 0.1) is 28.7 Å². The highest BCUT2D eigenvalue weighted by atomic mass is 35.5. The van der Waals surface area contributed by atoms with Crippen LogP contribution in [0.15, 0.2) is 47.5 Å². The molecule has 1 saturated heterocycles. The van der Waals surface area contributed by atoms with E-state index >= 15 is 0 Å². The van der Waals surface area contributed by atoms with Crippen LogP contribution in [0.4, 0.5) is 22.8 Å². The molecule has 0 radical (unpaired) electrons. The molecule has 2 heterocycles. The van der Waals surface area contributed by atoms with E-state index in [4.69, 9.17) is 16.3 Å². The number of rotatable bonds is 6. The fourth-order valence-electron chi connectivity index (χ4n) is 3.86. The van der Waals surface area contributed by atoms with Crippen LogP contribution in [0.2, 0.25) is 5.02 Å². The molecule has 2 aromatic carbocycles. The van der Waals surface area contributed by atoms with E-state index < -0.39 is 34.6 Å². The Kier molecular flexibility index (Phi) is 7.99. The highest BCUT2D eigenvalue weighted by molar-refractivity contribution is 8.18. The number of carbonyl (C=O) groups excluding carboxylic acids is 3. The molecule has 0 unspecified atom stereocenters. The van der Waals surface area contributed by atoms with E-state index in [1.165, 1.54) is 23.0 Å². The number of imide groups is 1. The van der Waals surface area contributed by atoms with Crippen molar-refractivity contribution in [1.29, 1.82) is 0 Å². The molecule has 3 aromatic rings. The molecule has 0 bridgehead atoms. The minimum absolute atomic E-state index is 0.00948. The number of alkyl halides is 3. The Morgan fingerprint density at radius 3 is 2.59 bits per heavy atom. The lowest BCUT2D eigenvalue weighted by molar-refractivity contribution is -0.138. The third-order valence-electron chi connectivity index (χ3n) is 5.54. The Labute approximate surface area is 231 Å². The average molecular weight is 581 g/mol. The first-order valence-electron chi connectivity index (χ1n) is 11.7. The third kappa shape index (κ3) is 6.93. The second-order valence-electron chi connectivity index (χ2n) is 9.68. The lowest BCUT2D eigenvalue weighted by atomic mass is 10.1. The van der Waals surface area contributed by atoms with Crippen molar-refractivity contribution in [2.45, 2.75) is 39.1 Å². The zero-order valence-electron chi connectivity index (χ0n) is 21.1. The zero-order chi connectivity index (χ0) is 28.5. The minimum atomic E-state index is -4.56. The summed E-state index contributed by atoms with van der Waals surface area (Å²) >= 11 is 6.55. The summed E-state index contributed by atoms with van der Waals surface area (Å²) in [6.07, 6.45) is -2.14. The van der Waals surface area contributed by atoms with Crippen molar-refractivity contribution in [2.24, 2.45) is 0 Å². The first-order valence-corrected chi connectivity index (χ1v) is 12.9. The molecule has 8 nitrogen and oxygen atoms in total. The maximum atomic E-state index is 13.5. The second-order valence-corrected chi connectivity index (χ2v) is 11.1. The standard InChI is InChI=1S/C26H24ClF3N4O4S/c1-25(2,3)38-23(36)31-8-9-33-22(35)21(39-24(33)37)11-15-4-7-20-17(10-15)13-32-34(20)14-16-5-6-18(27)12-19(16)26(28,29)30/h4-7,10-13H,8-9,14H2,1-3H3,(H,31,36). The number of halogens is 4. The number of nitrogens with zero attached hydrogens (tertiary/aromatic N) is 3. The van der Waals surface area contributed by atoms with E-state index in [-0.39, 0.29) is 35.1 Å². The maximum absolute atomic E-state index is 13.5. The number of aromatic nitrogens is 2. The predicted molar refractivity (Wildman–Crippen MR) is 142 cm³/mol. The van der Waals surface area contributed by atoms with E-state index in [1.807, 2.05) is 0 Å². The number of hydrogen-bond donors (Lipinski definition) is 1. The Morgan fingerprint density at radius 2 is 1.90 bits per heavy atom. The van der Waals surface area contributed by atoms with Gasteiger partial charge in [0.15, 0.2) is 0 Å². The summed E-state index contributed by atoms with van der Waals surface area (Å²) in [5, 5.41) is 6.92. The smallest absolute Gasteiger partial charge is 0.416 e. The molecule has 0 atom stereocenters. The lowest BCUT2D eigenvalue weighted by Crippen LogP contribution is -2.39. The largest absolute Gasteiger partial charge is 0.444 e. The van der Waals surface area contributed by atoms with E-state index in [2.05, 4.69) is 10.4 Å². The summed E-state index contributed by atoms with van der Waals surface area (Å²) in [4.78, 5) is 38.2. The van der Waals surface area contributed by atoms with Crippen molar-refractivity contribution in [3.63, 3.8) is 0 Å². The Bertz CT molecular complexity index is 1480. The molecule has 1 N–H and O–H groups in total. The van der Waals surface area contributed by atoms with Crippen LogP contribution in [0.3, 0.4) is 0 Å². The molecule has 1 fully saturated rings. The number of amides is 3. The van der Waals surface area contributed by atoms with Crippen molar-refractivity contribution >= 4 is 57.6 Å². The Morgan fingerprint density at radius 1 is 1.15 bits per heavy atom. The molecule has 13 heteroatoms. The summed E-state index contributed by atoms with van der Waals surface area (Å²) in [7, 11) is 0. The van der Waals surface area contributed by atoms with Gasteiger partial charge in [0.1, 0.15) is 5.60 Å². The van der Waals surface area contributed by atoms with Gasteiger partial charge in [-0.2, -0.15) is 18.3 Å². The van der Waals surface area contributed by atoms with Crippen LogP contribution in [0.25, 0.3) is 17.0 Å². The number of alkyl carbamates (subject to hydrolysis) is 1. The van der Waals surface area contributed by atoms with Crippen molar-refractivity contribution in [1.82, 2.24) is 20.0 Å². The van der Waals surface area contributed by atoms with E-state index in [0.717, 1.165) is 22.7 Å². The van der Waals surface area contributed by atoms with Crippen molar-refractivity contribution < 1.29 is 32.3 Å². The fourth-order valence-corrected chi connectivity index (χ4v) is 4.90. The van der Waals surface area contributed by atoms with Crippen LogP contribution in [0.1, 0.15) is 37.5 Å². The van der Waals surface area contributed by atoms with Crippen molar-refractivity contribution in [3.05, 3.63) is 69.2 Å². The van der Waals surface area contributed by atoms with Crippen LogP contribution >= 0.6 is 23.4 Å². The summed E-state index contributed by atoms with van der Waals surface area (Å²) in [6.45, 7) is 5.07. The monoisotopic (exact) mass is 580 g/mol. The van der Waals surface area contributed by atoms with Crippen LogP contribution in [0, 0.1) is 0 Å². The van der Waals surface area contributed by atoms with Gasteiger partial charge in [0, 0.05) is 23.5 Å². The SMILES string of the molecule is CC(C)(C)OC(=O)NCCN1C(=O)SC(=Cc2ccc3c(cnn3Cc3ccc(Cl)cc3C(F)(F)F)c2)C1=O. The molecule has 0 saturated carbocycles. The number of ether oxygens (including phenoxy) is 1. The molecule has 1 aliphatic rings. The molecular weight excluding hydrogens is 557 g/mol. The van der Waals surface area contributed by atoms with Gasteiger partial charge in [0.25, 0.3) is 11.1 Å². The van der Waals surface area contributed by atoms with Crippen LogP contribution in [-0.2, 0) is 22.3 Å². The highest BCUT2D eigenvalue weighted by Crippen LogP contribution is 2.35. The predicted octanol–water partition coefficient (Wildman–Crippen LogP) is 6.32. The molecule has 1 aliphatic heterocycles. The number of hydrogen-bond acceptors (Lipinski definition) is 6. The third-order valence-corrected chi connectivity index (χ3v) is 6.68. The number of fused-ring (bicyclic) bond motifs is 1. The second kappa shape index (κ2) is 10.9. The number of carbonyl (C=O) groups is 3. The number of benzene rings is 2. The fraction of sp³-hybridized carbons (Fsp3) is 0.308. The Hall–Kier alpha value is -3.51. The van der Waals surface area contributed by atoms with Gasteiger partial charge in [-0.1, -0.05) is 23.7 Å². The van der Waals surface area contributed by atoms with Crippen molar-refractivity contribution in [3.8, 4) is 0 Å². The van der Waals surface area contributed by atoms with Crippen molar-refractivity contribution in [2.75, 3.05) is 13.1 Å². The summed E-state index contributed by atoms with van der Waals surface area (Å²) in [5.41, 5.74) is -0.268. The number of thioether (sulfide) groups is 1. The topological polar surface area (TPSA) is 93.5 Å². The van der Waals surface area contributed by atoms with Gasteiger partial charge in [-0.3, -0.25) is 19.2 Å².